The van der Waals surface area contributed by atoms with Gasteiger partial charge in [0.2, 0.25) is 10.0 Å². The SMILES string of the molecule is O=S(=O)(NCCN1CCSCC1)c1ccc(Cl)c(Br)c1. The number of rotatable bonds is 5. The van der Waals surface area contributed by atoms with Crippen molar-refractivity contribution in [3.05, 3.63) is 27.7 Å². The van der Waals surface area contributed by atoms with Gasteiger partial charge in [-0.25, -0.2) is 13.1 Å². The molecule has 0 amide bonds. The molecule has 0 saturated carbocycles. The summed E-state index contributed by atoms with van der Waals surface area (Å²) in [7, 11) is -3.47. The first-order valence-corrected chi connectivity index (χ1v) is 10.0. The van der Waals surface area contributed by atoms with Gasteiger partial charge in [0.15, 0.2) is 0 Å². The molecule has 0 spiro atoms. The zero-order valence-electron chi connectivity index (χ0n) is 10.8. The van der Waals surface area contributed by atoms with E-state index in [1.807, 2.05) is 11.8 Å². The molecule has 20 heavy (non-hydrogen) atoms. The lowest BCUT2D eigenvalue weighted by Gasteiger charge is -2.25. The van der Waals surface area contributed by atoms with Crippen molar-refractivity contribution in [2.45, 2.75) is 4.90 Å². The Morgan fingerprint density at radius 1 is 1.35 bits per heavy atom. The summed E-state index contributed by atoms with van der Waals surface area (Å²) in [6, 6.07) is 4.59. The third-order valence-electron chi connectivity index (χ3n) is 3.03. The molecule has 0 atom stereocenters. The lowest BCUT2D eigenvalue weighted by atomic mass is 10.4. The van der Waals surface area contributed by atoms with Crippen molar-refractivity contribution in [1.82, 2.24) is 9.62 Å². The molecule has 0 radical (unpaired) electrons. The van der Waals surface area contributed by atoms with E-state index in [1.165, 1.54) is 12.1 Å². The van der Waals surface area contributed by atoms with Crippen LogP contribution in [0.15, 0.2) is 27.6 Å². The van der Waals surface area contributed by atoms with E-state index in [1.54, 1.807) is 6.07 Å². The minimum Gasteiger partial charge on any atom is -0.300 e. The van der Waals surface area contributed by atoms with E-state index in [0.29, 0.717) is 16.0 Å². The maximum absolute atomic E-state index is 12.1. The van der Waals surface area contributed by atoms with Crippen LogP contribution in [0.1, 0.15) is 0 Å². The van der Waals surface area contributed by atoms with Crippen molar-refractivity contribution < 1.29 is 8.42 Å². The summed E-state index contributed by atoms with van der Waals surface area (Å²) < 4.78 is 27.5. The van der Waals surface area contributed by atoms with Crippen LogP contribution < -0.4 is 4.72 Å². The van der Waals surface area contributed by atoms with E-state index < -0.39 is 10.0 Å². The standard InChI is InChI=1S/C12H16BrClN2O2S2/c13-11-9-10(1-2-12(11)14)20(17,18)15-3-4-16-5-7-19-8-6-16/h1-2,9,15H,3-8H2. The predicted molar refractivity (Wildman–Crippen MR) is 88.1 cm³/mol. The molecule has 1 aliphatic heterocycles. The highest BCUT2D eigenvalue weighted by Gasteiger charge is 2.16. The number of thioether (sulfide) groups is 1. The van der Waals surface area contributed by atoms with Crippen LogP contribution in [-0.2, 0) is 10.0 Å². The molecule has 4 nitrogen and oxygen atoms in total. The Morgan fingerprint density at radius 2 is 2.05 bits per heavy atom. The molecule has 1 aliphatic rings. The summed E-state index contributed by atoms with van der Waals surface area (Å²) in [4.78, 5) is 2.50. The second-order valence-corrected chi connectivity index (χ2v) is 8.68. The van der Waals surface area contributed by atoms with E-state index in [2.05, 4.69) is 25.6 Å². The second kappa shape index (κ2) is 7.47. The number of halogens is 2. The van der Waals surface area contributed by atoms with Gasteiger partial charge in [-0.15, -0.1) is 0 Å². The highest BCUT2D eigenvalue weighted by molar-refractivity contribution is 9.10. The van der Waals surface area contributed by atoms with Crippen LogP contribution in [0.5, 0.6) is 0 Å². The van der Waals surface area contributed by atoms with Crippen molar-refractivity contribution in [3.8, 4) is 0 Å². The van der Waals surface area contributed by atoms with Gasteiger partial charge in [0, 0.05) is 42.2 Å². The van der Waals surface area contributed by atoms with Gasteiger partial charge in [-0.05, 0) is 34.1 Å². The van der Waals surface area contributed by atoms with Gasteiger partial charge in [-0.1, -0.05) is 11.6 Å². The molecule has 0 unspecified atom stereocenters. The van der Waals surface area contributed by atoms with Crippen LogP contribution in [-0.4, -0.2) is 51.0 Å². The molecule has 2 rings (SSSR count). The molecule has 112 valence electrons. The van der Waals surface area contributed by atoms with Crippen molar-refractivity contribution in [1.29, 1.82) is 0 Å². The van der Waals surface area contributed by atoms with Gasteiger partial charge < -0.3 is 4.90 Å². The fourth-order valence-corrected chi connectivity index (χ4v) is 4.56. The average Bonchev–Trinajstić information content (AvgIpc) is 2.43. The topological polar surface area (TPSA) is 49.4 Å². The minimum absolute atomic E-state index is 0.225. The second-order valence-electron chi connectivity index (χ2n) is 4.43. The normalized spacial score (nSPS) is 17.3. The highest BCUT2D eigenvalue weighted by atomic mass is 79.9. The summed E-state index contributed by atoms with van der Waals surface area (Å²) in [5.74, 6) is 2.24. The summed E-state index contributed by atoms with van der Waals surface area (Å²) >= 11 is 11.0. The van der Waals surface area contributed by atoms with Gasteiger partial charge >= 0.3 is 0 Å². The van der Waals surface area contributed by atoms with Crippen molar-refractivity contribution in [3.63, 3.8) is 0 Å². The lowest BCUT2D eigenvalue weighted by molar-refractivity contribution is 0.307. The quantitative estimate of drug-likeness (QED) is 0.826. The smallest absolute Gasteiger partial charge is 0.240 e. The molecular weight excluding hydrogens is 384 g/mol. The molecule has 0 aliphatic carbocycles. The Bertz CT molecular complexity index is 563. The monoisotopic (exact) mass is 398 g/mol. The van der Waals surface area contributed by atoms with E-state index in [9.17, 15) is 8.42 Å². The number of nitrogens with one attached hydrogen (secondary N) is 1. The molecule has 1 heterocycles. The summed E-state index contributed by atoms with van der Waals surface area (Å²) in [5, 5.41) is 0.495. The fourth-order valence-electron chi connectivity index (χ4n) is 1.89. The van der Waals surface area contributed by atoms with Crippen LogP contribution in [0.4, 0.5) is 0 Å². The molecule has 1 saturated heterocycles. The van der Waals surface area contributed by atoms with Gasteiger partial charge in [0.1, 0.15) is 0 Å². The van der Waals surface area contributed by atoms with Gasteiger partial charge in [-0.2, -0.15) is 11.8 Å². The van der Waals surface area contributed by atoms with Crippen molar-refractivity contribution in [2.75, 3.05) is 37.7 Å². The highest BCUT2D eigenvalue weighted by Crippen LogP contribution is 2.25. The third kappa shape index (κ3) is 4.61. The number of sulfonamides is 1. The fraction of sp³-hybridized carbons (Fsp3) is 0.500. The molecule has 8 heteroatoms. The molecule has 0 bridgehead atoms. The van der Waals surface area contributed by atoms with Crippen LogP contribution in [0.3, 0.4) is 0 Å². The molecule has 1 aromatic carbocycles. The first-order valence-electron chi connectivity index (χ1n) is 6.24. The Morgan fingerprint density at radius 3 is 2.70 bits per heavy atom. The molecular formula is C12H16BrClN2O2S2. The van der Waals surface area contributed by atoms with Crippen LogP contribution in [0.25, 0.3) is 0 Å². The zero-order valence-corrected chi connectivity index (χ0v) is 14.8. The van der Waals surface area contributed by atoms with E-state index >= 15 is 0 Å². The Kier molecular flexibility index (Phi) is 6.19. The largest absolute Gasteiger partial charge is 0.300 e. The van der Waals surface area contributed by atoms with Gasteiger partial charge in [0.05, 0.1) is 9.92 Å². The Balaban J connectivity index is 1.91. The molecule has 0 aromatic heterocycles. The lowest BCUT2D eigenvalue weighted by Crippen LogP contribution is -2.39. The minimum atomic E-state index is -3.47. The first-order chi connectivity index (χ1) is 9.49. The van der Waals surface area contributed by atoms with Crippen LogP contribution >= 0.6 is 39.3 Å². The van der Waals surface area contributed by atoms with Crippen LogP contribution in [0.2, 0.25) is 5.02 Å². The first kappa shape index (κ1) is 16.6. The van der Waals surface area contributed by atoms with Gasteiger partial charge in [-0.3, -0.25) is 0 Å². The molecule has 1 fully saturated rings. The number of hydrogen-bond acceptors (Lipinski definition) is 4. The van der Waals surface area contributed by atoms with E-state index in [4.69, 9.17) is 11.6 Å². The maximum Gasteiger partial charge on any atom is 0.240 e. The van der Waals surface area contributed by atoms with Gasteiger partial charge in [0.25, 0.3) is 0 Å². The van der Waals surface area contributed by atoms with Crippen LogP contribution in [0, 0.1) is 0 Å². The van der Waals surface area contributed by atoms with E-state index in [-0.39, 0.29) is 4.90 Å². The number of benzene rings is 1. The summed E-state index contributed by atoms with van der Waals surface area (Å²) in [6.07, 6.45) is 0. The Hall–Kier alpha value is 0.210. The number of hydrogen-bond donors (Lipinski definition) is 1. The molecule has 1 aromatic rings. The maximum atomic E-state index is 12.1. The summed E-state index contributed by atoms with van der Waals surface area (Å²) in [5.41, 5.74) is 0. The third-order valence-corrected chi connectivity index (χ3v) is 6.64. The molecule has 1 N–H and O–H groups in total. The van der Waals surface area contributed by atoms with Crippen molar-refractivity contribution >= 4 is 49.3 Å². The number of nitrogens with zero attached hydrogens (tertiary/aromatic N) is 1. The van der Waals surface area contributed by atoms with Crippen molar-refractivity contribution in [2.24, 2.45) is 0 Å². The average molecular weight is 400 g/mol. The predicted octanol–water partition coefficient (Wildman–Crippen LogP) is 2.43. The summed E-state index contributed by atoms with van der Waals surface area (Å²) in [6.45, 7) is 3.22. The zero-order chi connectivity index (χ0) is 14.6. The Labute approximate surface area is 137 Å². The van der Waals surface area contributed by atoms with E-state index in [0.717, 1.165) is 31.1 Å².